The van der Waals surface area contributed by atoms with Crippen molar-refractivity contribution in [3.63, 3.8) is 0 Å². The van der Waals surface area contributed by atoms with Gasteiger partial charge in [0.05, 0.1) is 19.8 Å². The van der Waals surface area contributed by atoms with Gasteiger partial charge < -0.3 is 19.5 Å². The van der Waals surface area contributed by atoms with Crippen LogP contribution in [0.4, 0.5) is 5.00 Å². The average molecular weight is 321 g/mol. The fraction of sp³-hybridized carbons (Fsp3) is 0.200. The number of methoxy groups -OCH3 is 2. The minimum Gasteiger partial charge on any atom is -0.493 e. The third-order valence-corrected chi connectivity index (χ3v) is 3.58. The molecule has 0 atom stereocenters. The number of thiophene rings is 1. The predicted octanol–water partition coefficient (Wildman–Crippen LogP) is 2.56. The van der Waals surface area contributed by atoms with Crippen molar-refractivity contribution in [1.29, 1.82) is 0 Å². The summed E-state index contributed by atoms with van der Waals surface area (Å²) in [5.74, 6) is 0.141. The summed E-state index contributed by atoms with van der Waals surface area (Å²) in [6.45, 7) is -0.196. The van der Waals surface area contributed by atoms with Crippen LogP contribution in [0.3, 0.4) is 0 Å². The highest BCUT2D eigenvalue weighted by Crippen LogP contribution is 2.26. The number of ether oxygens (including phenoxy) is 3. The van der Waals surface area contributed by atoms with E-state index in [0.29, 0.717) is 22.1 Å². The maximum absolute atomic E-state index is 11.9. The second-order valence-corrected chi connectivity index (χ2v) is 5.06. The summed E-state index contributed by atoms with van der Waals surface area (Å²) < 4.78 is 15.2. The van der Waals surface area contributed by atoms with E-state index in [4.69, 9.17) is 9.47 Å². The Balaban J connectivity index is 1.96. The summed E-state index contributed by atoms with van der Waals surface area (Å²) >= 11 is 1.24. The highest BCUT2D eigenvalue weighted by Gasteiger charge is 2.16. The summed E-state index contributed by atoms with van der Waals surface area (Å²) in [6.07, 6.45) is 0. The Morgan fingerprint density at radius 3 is 2.55 bits per heavy atom. The lowest BCUT2D eigenvalue weighted by molar-refractivity contribution is -0.118. The third kappa shape index (κ3) is 3.76. The van der Waals surface area contributed by atoms with Gasteiger partial charge >= 0.3 is 5.97 Å². The molecule has 0 saturated carbocycles. The zero-order chi connectivity index (χ0) is 15.9. The number of carbonyl (C=O) groups is 2. The van der Waals surface area contributed by atoms with Crippen molar-refractivity contribution in [3.8, 4) is 11.5 Å². The van der Waals surface area contributed by atoms with Crippen LogP contribution in [0.15, 0.2) is 35.7 Å². The van der Waals surface area contributed by atoms with E-state index in [0.717, 1.165) is 0 Å². The summed E-state index contributed by atoms with van der Waals surface area (Å²) in [7, 11) is 2.81. The van der Waals surface area contributed by atoms with Crippen molar-refractivity contribution in [1.82, 2.24) is 0 Å². The van der Waals surface area contributed by atoms with Gasteiger partial charge in [0, 0.05) is 0 Å². The number of hydrogen-bond donors (Lipinski definition) is 1. The van der Waals surface area contributed by atoms with Gasteiger partial charge in [0.1, 0.15) is 5.00 Å². The summed E-state index contributed by atoms with van der Waals surface area (Å²) in [4.78, 5) is 23.4. The molecule has 1 N–H and O–H groups in total. The van der Waals surface area contributed by atoms with Gasteiger partial charge in [-0.2, -0.15) is 0 Å². The van der Waals surface area contributed by atoms with Gasteiger partial charge in [0.25, 0.3) is 5.91 Å². The lowest BCUT2D eigenvalue weighted by atomic mass is 10.3. The molecule has 1 aromatic heterocycles. The van der Waals surface area contributed by atoms with E-state index in [-0.39, 0.29) is 12.5 Å². The van der Waals surface area contributed by atoms with Gasteiger partial charge in [0.15, 0.2) is 18.1 Å². The van der Waals surface area contributed by atoms with Crippen molar-refractivity contribution in [3.05, 3.63) is 41.3 Å². The fourth-order valence-corrected chi connectivity index (χ4v) is 2.51. The Hall–Kier alpha value is -2.54. The molecule has 22 heavy (non-hydrogen) atoms. The molecule has 116 valence electrons. The van der Waals surface area contributed by atoms with Crippen LogP contribution in [-0.4, -0.2) is 32.7 Å². The molecule has 1 aromatic carbocycles. The number of anilines is 1. The Morgan fingerprint density at radius 1 is 1.14 bits per heavy atom. The number of benzene rings is 1. The maximum atomic E-state index is 11.9. The van der Waals surface area contributed by atoms with E-state index in [2.05, 4.69) is 10.1 Å². The number of para-hydroxylation sites is 2. The molecule has 0 aliphatic heterocycles. The van der Waals surface area contributed by atoms with Crippen molar-refractivity contribution >= 4 is 28.2 Å². The Labute approximate surface area is 131 Å². The molecule has 7 heteroatoms. The first-order valence-corrected chi connectivity index (χ1v) is 7.25. The molecule has 1 heterocycles. The zero-order valence-corrected chi connectivity index (χ0v) is 12.9. The van der Waals surface area contributed by atoms with E-state index in [1.165, 1.54) is 25.6 Å². The van der Waals surface area contributed by atoms with Crippen LogP contribution in [0.5, 0.6) is 11.5 Å². The molecule has 1 amide bonds. The molecular formula is C15H15NO5S. The van der Waals surface area contributed by atoms with Gasteiger partial charge in [-0.1, -0.05) is 12.1 Å². The quantitative estimate of drug-likeness (QED) is 0.828. The average Bonchev–Trinajstić information content (AvgIpc) is 3.00. The molecule has 0 fully saturated rings. The standard InChI is InChI=1S/C15H15NO5S/c1-19-11-5-3-4-6-12(11)21-9-13(17)16-14-10(7-8-22-14)15(18)20-2/h3-8H,9H2,1-2H3,(H,16,17). The van der Waals surface area contributed by atoms with Crippen LogP contribution in [0.25, 0.3) is 0 Å². The number of nitrogens with one attached hydrogen (secondary N) is 1. The van der Waals surface area contributed by atoms with E-state index in [1.807, 2.05) is 0 Å². The van der Waals surface area contributed by atoms with Crippen molar-refractivity contribution in [2.24, 2.45) is 0 Å². The molecule has 0 aliphatic rings. The van der Waals surface area contributed by atoms with Crippen molar-refractivity contribution in [2.45, 2.75) is 0 Å². The van der Waals surface area contributed by atoms with E-state index < -0.39 is 5.97 Å². The van der Waals surface area contributed by atoms with Crippen LogP contribution in [-0.2, 0) is 9.53 Å². The summed E-state index contributed by atoms with van der Waals surface area (Å²) in [5, 5.41) is 4.75. The second kappa shape index (κ2) is 7.46. The van der Waals surface area contributed by atoms with Crippen molar-refractivity contribution in [2.75, 3.05) is 26.1 Å². The molecule has 0 saturated heterocycles. The Kier molecular flexibility index (Phi) is 5.37. The molecule has 0 radical (unpaired) electrons. The molecule has 0 bridgehead atoms. The van der Waals surface area contributed by atoms with Gasteiger partial charge in [-0.3, -0.25) is 4.79 Å². The monoisotopic (exact) mass is 321 g/mol. The highest BCUT2D eigenvalue weighted by molar-refractivity contribution is 7.14. The minimum atomic E-state index is -0.498. The summed E-state index contributed by atoms with van der Waals surface area (Å²) in [6, 6.07) is 8.62. The normalized spacial score (nSPS) is 9.91. The smallest absolute Gasteiger partial charge is 0.340 e. The fourth-order valence-electron chi connectivity index (χ4n) is 1.72. The number of rotatable bonds is 6. The first kappa shape index (κ1) is 15.8. The van der Waals surface area contributed by atoms with Crippen LogP contribution < -0.4 is 14.8 Å². The van der Waals surface area contributed by atoms with Gasteiger partial charge in [-0.25, -0.2) is 4.79 Å². The Morgan fingerprint density at radius 2 is 1.86 bits per heavy atom. The number of hydrogen-bond acceptors (Lipinski definition) is 6. The molecule has 6 nitrogen and oxygen atoms in total. The first-order chi connectivity index (χ1) is 10.7. The lowest BCUT2D eigenvalue weighted by Crippen LogP contribution is -2.21. The summed E-state index contributed by atoms with van der Waals surface area (Å²) in [5.41, 5.74) is 0.318. The molecule has 0 spiro atoms. The topological polar surface area (TPSA) is 73.9 Å². The maximum Gasteiger partial charge on any atom is 0.340 e. The van der Waals surface area contributed by atoms with Crippen LogP contribution >= 0.6 is 11.3 Å². The molecule has 0 unspecified atom stereocenters. The number of carbonyl (C=O) groups excluding carboxylic acids is 2. The largest absolute Gasteiger partial charge is 0.493 e. The zero-order valence-electron chi connectivity index (χ0n) is 12.1. The van der Waals surface area contributed by atoms with E-state index in [9.17, 15) is 9.59 Å². The van der Waals surface area contributed by atoms with Gasteiger partial charge in [-0.15, -0.1) is 11.3 Å². The lowest BCUT2D eigenvalue weighted by Gasteiger charge is -2.10. The molecule has 0 aliphatic carbocycles. The van der Waals surface area contributed by atoms with E-state index >= 15 is 0 Å². The van der Waals surface area contributed by atoms with Gasteiger partial charge in [0.2, 0.25) is 0 Å². The SMILES string of the molecule is COC(=O)c1ccsc1NC(=O)COc1ccccc1OC. The number of esters is 1. The van der Waals surface area contributed by atoms with E-state index in [1.54, 1.807) is 35.7 Å². The third-order valence-electron chi connectivity index (χ3n) is 2.75. The van der Waals surface area contributed by atoms with Crippen LogP contribution in [0.2, 0.25) is 0 Å². The second-order valence-electron chi connectivity index (χ2n) is 4.14. The molecular weight excluding hydrogens is 306 g/mol. The first-order valence-electron chi connectivity index (χ1n) is 6.37. The van der Waals surface area contributed by atoms with Crippen LogP contribution in [0.1, 0.15) is 10.4 Å². The Bertz CT molecular complexity index is 667. The van der Waals surface area contributed by atoms with Crippen LogP contribution in [0, 0.1) is 0 Å². The highest BCUT2D eigenvalue weighted by atomic mass is 32.1. The van der Waals surface area contributed by atoms with Gasteiger partial charge in [-0.05, 0) is 23.6 Å². The molecule has 2 rings (SSSR count). The van der Waals surface area contributed by atoms with Crippen molar-refractivity contribution < 1.29 is 23.8 Å². The number of amides is 1. The minimum absolute atomic E-state index is 0.196. The molecule has 2 aromatic rings. The predicted molar refractivity (Wildman–Crippen MR) is 82.8 cm³/mol.